The largest absolute Gasteiger partial charge is 0.449 e. The third kappa shape index (κ3) is 3.58. The molecule has 2 fully saturated rings. The van der Waals surface area contributed by atoms with Crippen molar-refractivity contribution in [3.63, 3.8) is 0 Å². The molecule has 0 aliphatic carbocycles. The third-order valence-corrected chi connectivity index (χ3v) is 5.05. The summed E-state index contributed by atoms with van der Waals surface area (Å²) in [6, 6.07) is -0.317. The molecule has 8 heteroatoms. The van der Waals surface area contributed by atoms with Crippen LogP contribution < -0.4 is 0 Å². The number of nitrogens with zero attached hydrogens (tertiary/aromatic N) is 2. The van der Waals surface area contributed by atoms with Crippen molar-refractivity contribution in [2.24, 2.45) is 0 Å². The molecule has 0 radical (unpaired) electrons. The standard InChI is InChI=1S/C11H20N2O5S/c1-2-18-11(14)13(12-4-6-17-7-5-12)10-3-8-19(15,16)9-10/h10H,2-9H2,1H3. The first kappa shape index (κ1) is 14.5. The molecule has 0 aromatic rings. The number of ether oxygens (including phenoxy) is 2. The second-order valence-electron chi connectivity index (χ2n) is 4.67. The molecule has 2 heterocycles. The molecule has 19 heavy (non-hydrogen) atoms. The van der Waals surface area contributed by atoms with Gasteiger partial charge in [-0.05, 0) is 13.3 Å². The quantitative estimate of drug-likeness (QED) is 0.722. The SMILES string of the molecule is CCOC(=O)N(C1CCS(=O)(=O)C1)N1CCOCC1. The van der Waals surface area contributed by atoms with Gasteiger partial charge in [0.2, 0.25) is 0 Å². The number of carbonyl (C=O) groups is 1. The first-order chi connectivity index (χ1) is 9.03. The Balaban J connectivity index is 2.11. The van der Waals surface area contributed by atoms with E-state index in [-0.39, 0.29) is 24.2 Å². The predicted molar refractivity (Wildman–Crippen MR) is 68.3 cm³/mol. The number of morpholine rings is 1. The zero-order chi connectivity index (χ0) is 13.9. The molecule has 0 saturated carbocycles. The van der Waals surface area contributed by atoms with Crippen molar-refractivity contribution < 1.29 is 22.7 Å². The van der Waals surface area contributed by atoms with Gasteiger partial charge in [0.25, 0.3) is 0 Å². The van der Waals surface area contributed by atoms with Crippen LogP contribution in [0.2, 0.25) is 0 Å². The summed E-state index contributed by atoms with van der Waals surface area (Å²) in [6.07, 6.45) is 0.00454. The molecule has 2 aliphatic rings. The summed E-state index contributed by atoms with van der Waals surface area (Å²) in [6.45, 7) is 4.25. The van der Waals surface area contributed by atoms with E-state index < -0.39 is 15.9 Å². The molecule has 2 aliphatic heterocycles. The smallest absolute Gasteiger partial charge is 0.424 e. The minimum atomic E-state index is -3.03. The van der Waals surface area contributed by atoms with Gasteiger partial charge in [0.05, 0.1) is 37.4 Å². The topological polar surface area (TPSA) is 76.2 Å². The molecule has 2 rings (SSSR count). The summed E-state index contributed by atoms with van der Waals surface area (Å²) in [4.78, 5) is 12.1. The van der Waals surface area contributed by atoms with Gasteiger partial charge in [-0.15, -0.1) is 0 Å². The van der Waals surface area contributed by atoms with Crippen LogP contribution in [0, 0.1) is 0 Å². The Kier molecular flexibility index (Phi) is 4.64. The lowest BCUT2D eigenvalue weighted by atomic mass is 10.2. The number of amides is 1. The molecule has 110 valence electrons. The lowest BCUT2D eigenvalue weighted by Crippen LogP contribution is -2.56. The Morgan fingerprint density at radius 3 is 2.63 bits per heavy atom. The van der Waals surface area contributed by atoms with Gasteiger partial charge in [0, 0.05) is 13.1 Å². The highest BCUT2D eigenvalue weighted by atomic mass is 32.2. The van der Waals surface area contributed by atoms with Gasteiger partial charge in [0.1, 0.15) is 0 Å². The summed E-state index contributed by atoms with van der Waals surface area (Å²) in [5.41, 5.74) is 0. The Morgan fingerprint density at radius 1 is 1.42 bits per heavy atom. The molecule has 1 unspecified atom stereocenters. The summed E-state index contributed by atoms with van der Waals surface area (Å²) in [7, 11) is -3.03. The average molecular weight is 292 g/mol. The lowest BCUT2D eigenvalue weighted by molar-refractivity contribution is -0.0941. The highest BCUT2D eigenvalue weighted by Gasteiger charge is 2.38. The number of sulfone groups is 1. The van der Waals surface area contributed by atoms with E-state index in [0.717, 1.165) is 0 Å². The van der Waals surface area contributed by atoms with Gasteiger partial charge in [0.15, 0.2) is 9.84 Å². The van der Waals surface area contributed by atoms with Gasteiger partial charge < -0.3 is 9.47 Å². The molecule has 0 spiro atoms. The van der Waals surface area contributed by atoms with E-state index in [1.807, 2.05) is 5.01 Å². The van der Waals surface area contributed by atoms with E-state index in [9.17, 15) is 13.2 Å². The highest BCUT2D eigenvalue weighted by Crippen LogP contribution is 2.21. The van der Waals surface area contributed by atoms with Gasteiger partial charge in [-0.25, -0.2) is 23.2 Å². The van der Waals surface area contributed by atoms with E-state index in [0.29, 0.717) is 32.7 Å². The molecule has 0 aromatic carbocycles. The average Bonchev–Trinajstić information content (AvgIpc) is 2.71. The number of carbonyl (C=O) groups excluding carboxylic acids is 1. The second kappa shape index (κ2) is 6.06. The predicted octanol–water partition coefficient (Wildman–Crippen LogP) is -0.121. The van der Waals surface area contributed by atoms with Crippen molar-refractivity contribution in [3.8, 4) is 0 Å². The Labute approximate surface area is 113 Å². The minimum Gasteiger partial charge on any atom is -0.449 e. The fourth-order valence-corrected chi connectivity index (χ4v) is 4.11. The van der Waals surface area contributed by atoms with Crippen LogP contribution in [0.25, 0.3) is 0 Å². The first-order valence-corrected chi connectivity index (χ1v) is 8.34. The van der Waals surface area contributed by atoms with Crippen LogP contribution in [0.5, 0.6) is 0 Å². The summed E-state index contributed by atoms with van der Waals surface area (Å²) in [5, 5.41) is 3.32. The van der Waals surface area contributed by atoms with E-state index in [2.05, 4.69) is 0 Å². The zero-order valence-corrected chi connectivity index (χ0v) is 11.9. The van der Waals surface area contributed by atoms with Crippen LogP contribution in [0.1, 0.15) is 13.3 Å². The van der Waals surface area contributed by atoms with E-state index in [1.54, 1.807) is 6.92 Å². The van der Waals surface area contributed by atoms with Gasteiger partial charge in [-0.3, -0.25) is 0 Å². The molecule has 2 saturated heterocycles. The molecule has 0 aromatic heterocycles. The molecular formula is C11H20N2O5S. The molecule has 0 N–H and O–H groups in total. The van der Waals surface area contributed by atoms with Crippen LogP contribution in [0.15, 0.2) is 0 Å². The lowest BCUT2D eigenvalue weighted by Gasteiger charge is -2.39. The fraction of sp³-hybridized carbons (Fsp3) is 0.909. The van der Waals surface area contributed by atoms with Gasteiger partial charge in [-0.1, -0.05) is 0 Å². The Bertz CT molecular complexity index is 419. The zero-order valence-electron chi connectivity index (χ0n) is 11.1. The summed E-state index contributed by atoms with van der Waals surface area (Å²) >= 11 is 0. The van der Waals surface area contributed by atoms with Crippen molar-refractivity contribution in [1.29, 1.82) is 0 Å². The van der Waals surface area contributed by atoms with Gasteiger partial charge in [-0.2, -0.15) is 0 Å². The molecular weight excluding hydrogens is 272 g/mol. The highest BCUT2D eigenvalue weighted by molar-refractivity contribution is 7.91. The van der Waals surface area contributed by atoms with Crippen LogP contribution in [-0.4, -0.2) is 75.0 Å². The number of hydrogen-bond acceptors (Lipinski definition) is 6. The van der Waals surface area contributed by atoms with E-state index >= 15 is 0 Å². The molecule has 1 atom stereocenters. The number of hydrogen-bond donors (Lipinski definition) is 0. The molecule has 7 nitrogen and oxygen atoms in total. The van der Waals surface area contributed by atoms with Crippen LogP contribution in [0.4, 0.5) is 4.79 Å². The Morgan fingerprint density at radius 2 is 2.11 bits per heavy atom. The third-order valence-electron chi connectivity index (χ3n) is 3.30. The van der Waals surface area contributed by atoms with Crippen molar-refractivity contribution >= 4 is 15.9 Å². The van der Waals surface area contributed by atoms with Crippen molar-refractivity contribution in [2.45, 2.75) is 19.4 Å². The normalized spacial score (nSPS) is 27.1. The number of rotatable bonds is 3. The molecule has 0 bridgehead atoms. The van der Waals surface area contributed by atoms with E-state index in [4.69, 9.17) is 9.47 Å². The number of hydrazine groups is 1. The van der Waals surface area contributed by atoms with Crippen molar-refractivity contribution in [3.05, 3.63) is 0 Å². The maximum Gasteiger partial charge on any atom is 0.424 e. The molecule has 1 amide bonds. The maximum atomic E-state index is 12.1. The monoisotopic (exact) mass is 292 g/mol. The maximum absolute atomic E-state index is 12.1. The summed E-state index contributed by atoms with van der Waals surface area (Å²) < 4.78 is 33.5. The van der Waals surface area contributed by atoms with Crippen LogP contribution >= 0.6 is 0 Å². The minimum absolute atomic E-state index is 0.0170. The van der Waals surface area contributed by atoms with Crippen LogP contribution in [0.3, 0.4) is 0 Å². The Hall–Kier alpha value is -0.860. The van der Waals surface area contributed by atoms with Crippen LogP contribution in [-0.2, 0) is 19.3 Å². The first-order valence-electron chi connectivity index (χ1n) is 6.52. The van der Waals surface area contributed by atoms with Gasteiger partial charge >= 0.3 is 6.09 Å². The summed E-state index contributed by atoms with van der Waals surface area (Å²) in [5.74, 6) is 0.154. The fourth-order valence-electron chi connectivity index (χ4n) is 2.42. The van der Waals surface area contributed by atoms with Crippen molar-refractivity contribution in [1.82, 2.24) is 10.0 Å². The van der Waals surface area contributed by atoms with Crippen molar-refractivity contribution in [2.75, 3.05) is 44.4 Å². The van der Waals surface area contributed by atoms with E-state index in [1.165, 1.54) is 5.01 Å². The second-order valence-corrected chi connectivity index (χ2v) is 6.90.